The summed E-state index contributed by atoms with van der Waals surface area (Å²) in [6.07, 6.45) is -0.0526. The lowest BCUT2D eigenvalue weighted by Crippen LogP contribution is -2.20. The van der Waals surface area contributed by atoms with Crippen LogP contribution in [0.3, 0.4) is 0 Å². The van der Waals surface area contributed by atoms with Gasteiger partial charge in [0.05, 0.1) is 33.9 Å². The Balaban J connectivity index is 1.92. The summed E-state index contributed by atoms with van der Waals surface area (Å²) in [6, 6.07) is 8.06. The molecule has 0 aliphatic heterocycles. The number of ether oxygens (including phenoxy) is 1. The van der Waals surface area contributed by atoms with Crippen LogP contribution < -0.4 is 4.80 Å². The second kappa shape index (κ2) is 9.80. The highest BCUT2D eigenvalue weighted by atomic mass is 32.2. The molecular formula is C21H22F2N2O4S2. The summed E-state index contributed by atoms with van der Waals surface area (Å²) in [4.78, 5) is 17.1. The van der Waals surface area contributed by atoms with E-state index in [0.717, 1.165) is 17.4 Å². The van der Waals surface area contributed by atoms with Crippen LogP contribution >= 0.6 is 11.3 Å². The summed E-state index contributed by atoms with van der Waals surface area (Å²) in [5.41, 5.74) is 0.773. The number of sulfone groups is 1. The smallest absolute Gasteiger partial charge is 0.252 e. The Labute approximate surface area is 182 Å². The number of hydrogen-bond donors (Lipinski definition) is 0. The van der Waals surface area contributed by atoms with Gasteiger partial charge in [-0.2, -0.15) is 4.99 Å². The van der Waals surface area contributed by atoms with Gasteiger partial charge in [0.15, 0.2) is 20.5 Å². The molecule has 0 aliphatic carbocycles. The maximum atomic E-state index is 14.4. The number of aromatic nitrogens is 1. The molecule has 0 aliphatic rings. The Hall–Kier alpha value is -2.43. The fraction of sp³-hybridized carbons (Fsp3) is 0.333. The SMILES string of the molecule is CCOCCn1c(=NC(=O)Cc2ccc(S(=O)(=O)CC)cc2)sc2cc(F)cc(F)c21. The van der Waals surface area contributed by atoms with Gasteiger partial charge >= 0.3 is 0 Å². The van der Waals surface area contributed by atoms with Crippen LogP contribution in [0.4, 0.5) is 8.78 Å². The van der Waals surface area contributed by atoms with E-state index in [4.69, 9.17) is 4.74 Å². The molecule has 3 rings (SSSR count). The van der Waals surface area contributed by atoms with Gasteiger partial charge in [-0.05, 0) is 30.7 Å². The highest BCUT2D eigenvalue weighted by Crippen LogP contribution is 2.22. The fourth-order valence-corrected chi connectivity index (χ4v) is 5.02. The van der Waals surface area contributed by atoms with Gasteiger partial charge in [0.2, 0.25) is 0 Å². The molecule has 0 bridgehead atoms. The number of thiazole rings is 1. The Morgan fingerprint density at radius 1 is 1.16 bits per heavy atom. The van der Waals surface area contributed by atoms with Crippen molar-refractivity contribution in [3.63, 3.8) is 0 Å². The highest BCUT2D eigenvalue weighted by molar-refractivity contribution is 7.91. The first-order valence-electron chi connectivity index (χ1n) is 9.70. The van der Waals surface area contributed by atoms with Crippen molar-refractivity contribution >= 4 is 37.3 Å². The fourth-order valence-electron chi connectivity index (χ4n) is 3.02. The number of rotatable bonds is 8. The molecular weight excluding hydrogens is 446 g/mol. The molecule has 31 heavy (non-hydrogen) atoms. The lowest BCUT2D eigenvalue weighted by Gasteiger charge is -2.06. The first kappa shape index (κ1) is 23.2. The number of hydrogen-bond acceptors (Lipinski definition) is 5. The molecule has 3 aromatic rings. The largest absolute Gasteiger partial charge is 0.380 e. The summed E-state index contributed by atoms with van der Waals surface area (Å²) in [5, 5.41) is 0. The molecule has 0 atom stereocenters. The Morgan fingerprint density at radius 2 is 1.87 bits per heavy atom. The van der Waals surface area contributed by atoms with Gasteiger partial charge in [-0.15, -0.1) is 0 Å². The van der Waals surface area contributed by atoms with Gasteiger partial charge in [-0.3, -0.25) is 4.79 Å². The van der Waals surface area contributed by atoms with Crippen molar-refractivity contribution in [2.75, 3.05) is 19.0 Å². The van der Waals surface area contributed by atoms with Crippen molar-refractivity contribution in [1.82, 2.24) is 4.57 Å². The summed E-state index contributed by atoms with van der Waals surface area (Å²) in [7, 11) is -3.32. The third-order valence-corrected chi connectivity index (χ3v) is 7.37. The molecule has 2 aromatic carbocycles. The minimum atomic E-state index is -3.32. The Kier molecular flexibility index (Phi) is 7.34. The zero-order valence-corrected chi connectivity index (χ0v) is 18.7. The van der Waals surface area contributed by atoms with E-state index >= 15 is 0 Å². The second-order valence-electron chi connectivity index (χ2n) is 6.70. The molecule has 1 amide bonds. The second-order valence-corrected chi connectivity index (χ2v) is 9.98. The quantitative estimate of drug-likeness (QED) is 0.474. The predicted octanol–water partition coefficient (Wildman–Crippen LogP) is 3.48. The monoisotopic (exact) mass is 468 g/mol. The average Bonchev–Trinajstić information content (AvgIpc) is 3.05. The molecule has 166 valence electrons. The van der Waals surface area contributed by atoms with Crippen molar-refractivity contribution < 1.29 is 26.7 Å². The third-order valence-electron chi connectivity index (χ3n) is 4.60. The number of amides is 1. The van der Waals surface area contributed by atoms with Crippen LogP contribution in [0.15, 0.2) is 46.3 Å². The van der Waals surface area contributed by atoms with E-state index in [1.165, 1.54) is 22.8 Å². The van der Waals surface area contributed by atoms with E-state index in [1.807, 2.05) is 6.92 Å². The van der Waals surface area contributed by atoms with Crippen LogP contribution in [0.25, 0.3) is 10.2 Å². The van der Waals surface area contributed by atoms with Crippen LogP contribution in [-0.2, 0) is 32.3 Å². The Bertz CT molecular complexity index is 1260. The molecule has 0 radical (unpaired) electrons. The van der Waals surface area contributed by atoms with Gasteiger partial charge in [0.25, 0.3) is 5.91 Å². The molecule has 1 aromatic heterocycles. The molecule has 10 heteroatoms. The predicted molar refractivity (Wildman–Crippen MR) is 115 cm³/mol. The zero-order chi connectivity index (χ0) is 22.6. The van der Waals surface area contributed by atoms with Crippen LogP contribution in [-0.4, -0.2) is 37.9 Å². The van der Waals surface area contributed by atoms with Gasteiger partial charge < -0.3 is 9.30 Å². The van der Waals surface area contributed by atoms with E-state index in [9.17, 15) is 22.0 Å². The number of nitrogens with zero attached hydrogens (tertiary/aromatic N) is 2. The molecule has 1 heterocycles. The number of benzene rings is 2. The highest BCUT2D eigenvalue weighted by Gasteiger charge is 2.15. The summed E-state index contributed by atoms with van der Waals surface area (Å²) in [6.45, 7) is 4.42. The minimum absolute atomic E-state index is 0.00848. The third kappa shape index (κ3) is 5.44. The minimum Gasteiger partial charge on any atom is -0.380 e. The van der Waals surface area contributed by atoms with E-state index in [-0.39, 0.29) is 40.5 Å². The zero-order valence-electron chi connectivity index (χ0n) is 17.1. The number of carbonyl (C=O) groups excluding carboxylic acids is 1. The van der Waals surface area contributed by atoms with E-state index in [2.05, 4.69) is 4.99 Å². The van der Waals surface area contributed by atoms with Crippen molar-refractivity contribution in [3.05, 3.63) is 58.4 Å². The summed E-state index contributed by atoms with van der Waals surface area (Å²) >= 11 is 1.02. The van der Waals surface area contributed by atoms with Gasteiger partial charge in [-0.1, -0.05) is 30.4 Å². The van der Waals surface area contributed by atoms with Gasteiger partial charge in [-0.25, -0.2) is 17.2 Å². The number of carbonyl (C=O) groups is 1. The van der Waals surface area contributed by atoms with E-state index in [0.29, 0.717) is 16.9 Å². The summed E-state index contributed by atoms with van der Waals surface area (Å²) in [5.74, 6) is -1.93. The van der Waals surface area contributed by atoms with Crippen LogP contribution in [0, 0.1) is 11.6 Å². The average molecular weight is 469 g/mol. The molecule has 0 saturated heterocycles. The van der Waals surface area contributed by atoms with Crippen molar-refractivity contribution in [2.45, 2.75) is 31.7 Å². The van der Waals surface area contributed by atoms with Crippen molar-refractivity contribution in [2.24, 2.45) is 4.99 Å². The number of halogens is 2. The normalized spacial score (nSPS) is 12.6. The van der Waals surface area contributed by atoms with Crippen molar-refractivity contribution in [3.8, 4) is 0 Å². The maximum Gasteiger partial charge on any atom is 0.252 e. The summed E-state index contributed by atoms with van der Waals surface area (Å²) < 4.78 is 59.0. The van der Waals surface area contributed by atoms with Gasteiger partial charge in [0.1, 0.15) is 5.82 Å². The number of fused-ring (bicyclic) bond motifs is 1. The lowest BCUT2D eigenvalue weighted by atomic mass is 10.1. The van der Waals surface area contributed by atoms with Crippen molar-refractivity contribution in [1.29, 1.82) is 0 Å². The lowest BCUT2D eigenvalue weighted by molar-refractivity contribution is -0.117. The van der Waals surface area contributed by atoms with Gasteiger partial charge in [0, 0.05) is 19.2 Å². The molecule has 0 fully saturated rings. The topological polar surface area (TPSA) is 77.7 Å². The van der Waals surface area contributed by atoms with Crippen LogP contribution in [0.5, 0.6) is 0 Å². The molecule has 0 N–H and O–H groups in total. The standard InChI is InChI=1S/C21H22F2N2O4S2/c1-3-29-10-9-25-20-17(23)12-15(22)13-18(20)30-21(25)24-19(26)11-14-5-7-16(8-6-14)31(27,28)4-2/h5-8,12-13H,3-4,9-11H2,1-2H3. The first-order valence-corrected chi connectivity index (χ1v) is 12.2. The Morgan fingerprint density at radius 3 is 2.52 bits per heavy atom. The molecule has 6 nitrogen and oxygen atoms in total. The maximum absolute atomic E-state index is 14.4. The first-order chi connectivity index (χ1) is 14.7. The van der Waals surface area contributed by atoms with Crippen LogP contribution in [0.2, 0.25) is 0 Å². The molecule has 0 saturated carbocycles. The molecule has 0 unspecified atom stereocenters. The van der Waals surface area contributed by atoms with Crippen LogP contribution in [0.1, 0.15) is 19.4 Å². The van der Waals surface area contributed by atoms with E-state index in [1.54, 1.807) is 19.1 Å². The molecule has 0 spiro atoms. The van der Waals surface area contributed by atoms with E-state index < -0.39 is 27.4 Å².